The summed E-state index contributed by atoms with van der Waals surface area (Å²) in [7, 11) is 0. The molecule has 0 aliphatic rings. The first-order chi connectivity index (χ1) is 10.4. The largest absolute Gasteiger partial charge is 0.489 e. The number of hydrogen-bond acceptors (Lipinski definition) is 3. The van der Waals surface area contributed by atoms with Crippen LogP contribution in [-0.4, -0.2) is 9.78 Å². The lowest BCUT2D eigenvalue weighted by atomic mass is 10.2. The highest BCUT2D eigenvalue weighted by Gasteiger charge is 2.07. The Morgan fingerprint density at radius 1 is 1.10 bits per heavy atom. The van der Waals surface area contributed by atoms with Crippen molar-refractivity contribution in [3.63, 3.8) is 0 Å². The Kier molecular flexibility index (Phi) is 3.66. The first-order valence-corrected chi connectivity index (χ1v) is 6.58. The Morgan fingerprint density at radius 3 is 2.67 bits per heavy atom. The van der Waals surface area contributed by atoms with Crippen LogP contribution in [-0.2, 0) is 6.61 Å². The van der Waals surface area contributed by atoms with Crippen LogP contribution < -0.4 is 4.74 Å². The number of hydrogen-bond donors (Lipinski definition) is 0. The van der Waals surface area contributed by atoms with Crippen LogP contribution in [0.5, 0.6) is 5.75 Å². The van der Waals surface area contributed by atoms with Gasteiger partial charge in [-0.15, -0.1) is 0 Å². The summed E-state index contributed by atoms with van der Waals surface area (Å²) in [6, 6.07) is 19.3. The van der Waals surface area contributed by atoms with E-state index in [1.54, 1.807) is 29.2 Å². The third kappa shape index (κ3) is 2.93. The van der Waals surface area contributed by atoms with E-state index >= 15 is 0 Å². The van der Waals surface area contributed by atoms with E-state index in [1.807, 2.05) is 42.5 Å². The summed E-state index contributed by atoms with van der Waals surface area (Å²) >= 11 is 0. The predicted molar refractivity (Wildman–Crippen MR) is 79.1 cm³/mol. The summed E-state index contributed by atoms with van der Waals surface area (Å²) in [5.41, 5.74) is 2.38. The molecule has 0 unspecified atom stereocenters. The Balaban J connectivity index is 1.84. The van der Waals surface area contributed by atoms with E-state index in [4.69, 9.17) is 4.74 Å². The summed E-state index contributed by atoms with van der Waals surface area (Å²) in [4.78, 5) is 0. The molecule has 0 spiro atoms. The highest BCUT2D eigenvalue weighted by atomic mass is 16.5. The predicted octanol–water partition coefficient (Wildman–Crippen LogP) is 3.32. The number of nitrogens with zero attached hydrogens (tertiary/aromatic N) is 3. The van der Waals surface area contributed by atoms with Crippen LogP contribution in [0, 0.1) is 11.3 Å². The van der Waals surface area contributed by atoms with Gasteiger partial charge in [-0.05, 0) is 23.8 Å². The van der Waals surface area contributed by atoms with E-state index in [2.05, 4.69) is 11.2 Å². The molecule has 0 saturated carbocycles. The molecule has 2 aromatic carbocycles. The molecule has 0 radical (unpaired) electrons. The van der Waals surface area contributed by atoms with Gasteiger partial charge in [0.25, 0.3) is 0 Å². The van der Waals surface area contributed by atoms with Gasteiger partial charge in [-0.1, -0.05) is 30.3 Å². The number of ether oxygens (including phenoxy) is 1. The zero-order chi connectivity index (χ0) is 14.5. The smallest absolute Gasteiger partial charge is 0.122 e. The zero-order valence-corrected chi connectivity index (χ0v) is 11.3. The first kappa shape index (κ1) is 12.9. The maximum atomic E-state index is 9.18. The van der Waals surface area contributed by atoms with E-state index in [0.717, 1.165) is 5.56 Å². The standard InChI is InChI=1S/C17H13N3O/c18-12-15-7-8-16(11-17(15)20-10-4-9-19-20)21-13-14-5-2-1-3-6-14/h1-11H,13H2. The van der Waals surface area contributed by atoms with Gasteiger partial charge in [0.05, 0.1) is 11.3 Å². The quantitative estimate of drug-likeness (QED) is 0.734. The average molecular weight is 275 g/mol. The normalized spacial score (nSPS) is 10.0. The fraction of sp³-hybridized carbons (Fsp3) is 0.0588. The third-order valence-electron chi connectivity index (χ3n) is 3.09. The Labute approximate surface area is 122 Å². The van der Waals surface area contributed by atoms with Gasteiger partial charge in [0, 0.05) is 18.5 Å². The van der Waals surface area contributed by atoms with Crippen molar-refractivity contribution in [2.75, 3.05) is 0 Å². The molecular formula is C17H13N3O. The van der Waals surface area contributed by atoms with Crippen LogP contribution in [0.15, 0.2) is 67.0 Å². The number of benzene rings is 2. The van der Waals surface area contributed by atoms with Crippen molar-refractivity contribution in [1.82, 2.24) is 9.78 Å². The lowest BCUT2D eigenvalue weighted by Gasteiger charge is -2.09. The van der Waals surface area contributed by atoms with Crippen molar-refractivity contribution in [2.45, 2.75) is 6.61 Å². The Morgan fingerprint density at radius 2 is 1.95 bits per heavy atom. The van der Waals surface area contributed by atoms with E-state index in [1.165, 1.54) is 0 Å². The molecule has 0 bridgehead atoms. The second-order valence-electron chi connectivity index (χ2n) is 4.52. The maximum Gasteiger partial charge on any atom is 0.122 e. The summed E-state index contributed by atoms with van der Waals surface area (Å²) in [6.07, 6.45) is 3.48. The average Bonchev–Trinajstić information content (AvgIpc) is 3.08. The van der Waals surface area contributed by atoms with Crippen LogP contribution in [0.25, 0.3) is 5.69 Å². The molecule has 3 aromatic rings. The number of rotatable bonds is 4. The van der Waals surface area contributed by atoms with Crippen molar-refractivity contribution in [3.05, 3.63) is 78.1 Å². The fourth-order valence-electron chi connectivity index (χ4n) is 2.04. The van der Waals surface area contributed by atoms with Crippen LogP contribution in [0.4, 0.5) is 0 Å². The van der Waals surface area contributed by atoms with Crippen LogP contribution >= 0.6 is 0 Å². The van der Waals surface area contributed by atoms with Crippen LogP contribution in [0.1, 0.15) is 11.1 Å². The summed E-state index contributed by atoms with van der Waals surface area (Å²) in [6.45, 7) is 0.491. The monoisotopic (exact) mass is 275 g/mol. The molecule has 0 amide bonds. The van der Waals surface area contributed by atoms with Gasteiger partial charge >= 0.3 is 0 Å². The SMILES string of the molecule is N#Cc1ccc(OCc2ccccc2)cc1-n1cccn1. The lowest BCUT2D eigenvalue weighted by Crippen LogP contribution is -2.00. The summed E-state index contributed by atoms with van der Waals surface area (Å²) in [5.74, 6) is 0.711. The third-order valence-corrected chi connectivity index (χ3v) is 3.09. The molecule has 0 aliphatic carbocycles. The molecule has 0 atom stereocenters. The van der Waals surface area contributed by atoms with Crippen molar-refractivity contribution >= 4 is 0 Å². The second kappa shape index (κ2) is 5.93. The lowest BCUT2D eigenvalue weighted by molar-refractivity contribution is 0.306. The molecule has 4 nitrogen and oxygen atoms in total. The topological polar surface area (TPSA) is 50.8 Å². The molecule has 1 aromatic heterocycles. The second-order valence-corrected chi connectivity index (χ2v) is 4.52. The fourth-order valence-corrected chi connectivity index (χ4v) is 2.04. The highest BCUT2D eigenvalue weighted by molar-refractivity contribution is 5.52. The molecule has 3 rings (SSSR count). The maximum absolute atomic E-state index is 9.18. The van der Waals surface area contributed by atoms with Crippen molar-refractivity contribution in [1.29, 1.82) is 5.26 Å². The van der Waals surface area contributed by atoms with E-state index in [9.17, 15) is 5.26 Å². The van der Waals surface area contributed by atoms with Gasteiger partial charge < -0.3 is 4.74 Å². The minimum Gasteiger partial charge on any atom is -0.489 e. The van der Waals surface area contributed by atoms with Gasteiger partial charge in [-0.3, -0.25) is 0 Å². The van der Waals surface area contributed by atoms with Gasteiger partial charge in [-0.2, -0.15) is 10.4 Å². The molecule has 1 heterocycles. The van der Waals surface area contributed by atoms with Crippen molar-refractivity contribution < 1.29 is 4.74 Å². The Bertz CT molecular complexity index is 758. The molecule has 21 heavy (non-hydrogen) atoms. The highest BCUT2D eigenvalue weighted by Crippen LogP contribution is 2.21. The molecular weight excluding hydrogens is 262 g/mol. The number of aromatic nitrogens is 2. The van der Waals surface area contributed by atoms with E-state index in [0.29, 0.717) is 23.6 Å². The summed E-state index contributed by atoms with van der Waals surface area (Å²) < 4.78 is 7.44. The van der Waals surface area contributed by atoms with E-state index in [-0.39, 0.29) is 0 Å². The molecule has 0 aliphatic heterocycles. The molecule has 4 heteroatoms. The van der Waals surface area contributed by atoms with Crippen LogP contribution in [0.2, 0.25) is 0 Å². The summed E-state index contributed by atoms with van der Waals surface area (Å²) in [5, 5.41) is 13.3. The van der Waals surface area contributed by atoms with Crippen molar-refractivity contribution in [3.8, 4) is 17.5 Å². The van der Waals surface area contributed by atoms with Gasteiger partial charge in [0.2, 0.25) is 0 Å². The van der Waals surface area contributed by atoms with Gasteiger partial charge in [0.15, 0.2) is 0 Å². The van der Waals surface area contributed by atoms with Crippen LogP contribution in [0.3, 0.4) is 0 Å². The van der Waals surface area contributed by atoms with Gasteiger partial charge in [-0.25, -0.2) is 4.68 Å². The minimum absolute atomic E-state index is 0.491. The molecule has 102 valence electrons. The number of nitriles is 1. The minimum atomic E-state index is 0.491. The van der Waals surface area contributed by atoms with E-state index < -0.39 is 0 Å². The molecule has 0 saturated heterocycles. The van der Waals surface area contributed by atoms with Gasteiger partial charge in [0.1, 0.15) is 18.4 Å². The zero-order valence-electron chi connectivity index (χ0n) is 11.3. The molecule has 0 fully saturated rings. The van der Waals surface area contributed by atoms with Crippen molar-refractivity contribution in [2.24, 2.45) is 0 Å². The molecule has 0 N–H and O–H groups in total. The first-order valence-electron chi connectivity index (χ1n) is 6.58. The Hall–Kier alpha value is -3.06.